The van der Waals surface area contributed by atoms with Gasteiger partial charge in [0.25, 0.3) is 0 Å². The molecule has 1 N–H and O–H groups in total. The minimum absolute atomic E-state index is 0.323. The zero-order valence-electron chi connectivity index (χ0n) is 13.2. The maximum absolute atomic E-state index is 4.73. The molecule has 1 aliphatic rings. The molecule has 0 aromatic carbocycles. The van der Waals surface area contributed by atoms with Gasteiger partial charge in [-0.15, -0.1) is 0 Å². The smallest absolute Gasteiger partial charge is 0.229 e. The van der Waals surface area contributed by atoms with Gasteiger partial charge in [-0.2, -0.15) is 15.1 Å². The lowest BCUT2D eigenvalue weighted by molar-refractivity contribution is 0.311. The summed E-state index contributed by atoms with van der Waals surface area (Å²) >= 11 is 0. The van der Waals surface area contributed by atoms with E-state index < -0.39 is 0 Å². The van der Waals surface area contributed by atoms with Crippen LogP contribution in [0.2, 0.25) is 0 Å². The number of hydrogen-bond acceptors (Lipinski definition) is 6. The van der Waals surface area contributed by atoms with E-state index in [-0.39, 0.29) is 0 Å². The highest BCUT2D eigenvalue weighted by Gasteiger charge is 2.19. The van der Waals surface area contributed by atoms with Crippen molar-refractivity contribution in [1.29, 1.82) is 0 Å². The second kappa shape index (κ2) is 5.48. The zero-order valence-corrected chi connectivity index (χ0v) is 13.2. The van der Waals surface area contributed by atoms with Crippen molar-refractivity contribution in [3.8, 4) is 0 Å². The van der Waals surface area contributed by atoms with Gasteiger partial charge < -0.3 is 15.1 Å². The quantitative estimate of drug-likeness (QED) is 0.907. The number of nitrogens with zero attached hydrogens (tertiary/aromatic N) is 6. The molecule has 0 saturated carbocycles. The molecule has 21 heavy (non-hydrogen) atoms. The molecule has 3 heterocycles. The number of likely N-dealkylation sites (N-methyl/N-ethyl adjacent to an activating group) is 1. The first kappa shape index (κ1) is 14.1. The summed E-state index contributed by atoms with van der Waals surface area (Å²) in [4.78, 5) is 14.0. The molecule has 2 aromatic rings. The van der Waals surface area contributed by atoms with Crippen LogP contribution < -0.4 is 10.2 Å². The van der Waals surface area contributed by atoms with E-state index in [0.29, 0.717) is 6.04 Å². The minimum Gasteiger partial charge on any atom is -0.367 e. The van der Waals surface area contributed by atoms with Crippen LogP contribution in [-0.2, 0) is 7.05 Å². The van der Waals surface area contributed by atoms with E-state index in [1.807, 2.05) is 17.9 Å². The van der Waals surface area contributed by atoms with Gasteiger partial charge in [0.2, 0.25) is 5.95 Å². The number of nitrogens with one attached hydrogen (secondary N) is 1. The molecule has 2 aromatic heterocycles. The van der Waals surface area contributed by atoms with Crippen LogP contribution in [0.4, 0.5) is 11.8 Å². The molecule has 7 heteroatoms. The largest absolute Gasteiger partial charge is 0.367 e. The molecule has 1 fully saturated rings. The molecule has 114 valence electrons. The van der Waals surface area contributed by atoms with Crippen molar-refractivity contribution >= 4 is 22.8 Å². The van der Waals surface area contributed by atoms with Gasteiger partial charge in [-0.3, -0.25) is 4.68 Å². The van der Waals surface area contributed by atoms with Gasteiger partial charge >= 0.3 is 0 Å². The number of piperazine rings is 1. The summed E-state index contributed by atoms with van der Waals surface area (Å²) in [6.07, 6.45) is 1.83. The second-order valence-corrected chi connectivity index (χ2v) is 5.97. The molecule has 1 aliphatic heterocycles. The lowest BCUT2D eigenvalue weighted by Gasteiger charge is -2.32. The average molecular weight is 289 g/mol. The standard InChI is InChI=1S/C14H23N7/c1-10(2)16-12-11-9-15-20(4)13(11)18-14(17-12)21-7-5-19(3)6-8-21/h9-10H,5-8H2,1-4H3,(H,16,17,18). The zero-order chi connectivity index (χ0) is 15.0. The highest BCUT2D eigenvalue weighted by molar-refractivity contribution is 5.87. The maximum atomic E-state index is 4.73. The normalized spacial score (nSPS) is 16.9. The van der Waals surface area contributed by atoms with E-state index in [1.165, 1.54) is 0 Å². The molecule has 0 bridgehead atoms. The van der Waals surface area contributed by atoms with E-state index >= 15 is 0 Å². The predicted molar refractivity (Wildman–Crippen MR) is 84.8 cm³/mol. The third kappa shape index (κ3) is 2.78. The molecule has 0 atom stereocenters. The second-order valence-electron chi connectivity index (χ2n) is 5.97. The molecule has 0 unspecified atom stereocenters. The van der Waals surface area contributed by atoms with E-state index in [0.717, 1.165) is 49.0 Å². The van der Waals surface area contributed by atoms with Crippen LogP contribution in [0.15, 0.2) is 6.20 Å². The van der Waals surface area contributed by atoms with E-state index in [1.54, 1.807) is 0 Å². The Hall–Kier alpha value is -1.89. The number of hydrogen-bond donors (Lipinski definition) is 1. The van der Waals surface area contributed by atoms with Crippen LogP contribution >= 0.6 is 0 Å². The molecular weight excluding hydrogens is 266 g/mol. The maximum Gasteiger partial charge on any atom is 0.229 e. The number of fused-ring (bicyclic) bond motifs is 1. The number of aryl methyl sites for hydroxylation is 1. The predicted octanol–water partition coefficient (Wildman–Crippen LogP) is 0.935. The van der Waals surface area contributed by atoms with Gasteiger partial charge in [-0.25, -0.2) is 0 Å². The highest BCUT2D eigenvalue weighted by atomic mass is 15.4. The van der Waals surface area contributed by atoms with Crippen LogP contribution in [-0.4, -0.2) is 63.9 Å². The van der Waals surface area contributed by atoms with Crippen molar-refractivity contribution in [2.24, 2.45) is 7.05 Å². The monoisotopic (exact) mass is 289 g/mol. The summed E-state index contributed by atoms with van der Waals surface area (Å²) in [5.41, 5.74) is 0.877. The Morgan fingerprint density at radius 3 is 2.48 bits per heavy atom. The molecular formula is C14H23N7. The summed E-state index contributed by atoms with van der Waals surface area (Å²) in [7, 11) is 4.07. The lowest BCUT2D eigenvalue weighted by atomic mass is 10.3. The van der Waals surface area contributed by atoms with Crippen molar-refractivity contribution < 1.29 is 0 Å². The number of anilines is 2. The first-order chi connectivity index (χ1) is 10.0. The van der Waals surface area contributed by atoms with Crippen LogP contribution in [0, 0.1) is 0 Å². The fourth-order valence-electron chi connectivity index (χ4n) is 2.54. The van der Waals surface area contributed by atoms with E-state index in [4.69, 9.17) is 9.97 Å². The van der Waals surface area contributed by atoms with Crippen molar-refractivity contribution in [3.63, 3.8) is 0 Å². The SMILES string of the molecule is CC(C)Nc1nc(N2CCN(C)CC2)nc2c1cnn2C. The summed E-state index contributed by atoms with van der Waals surface area (Å²) in [6.45, 7) is 8.22. The molecule has 3 rings (SSSR count). The third-order valence-corrected chi connectivity index (χ3v) is 3.79. The van der Waals surface area contributed by atoms with Gasteiger partial charge in [-0.05, 0) is 20.9 Å². The van der Waals surface area contributed by atoms with Crippen LogP contribution in [0.5, 0.6) is 0 Å². The fraction of sp³-hybridized carbons (Fsp3) is 0.643. The average Bonchev–Trinajstić information content (AvgIpc) is 2.81. The topological polar surface area (TPSA) is 62.1 Å². The van der Waals surface area contributed by atoms with Gasteiger partial charge in [-0.1, -0.05) is 0 Å². The van der Waals surface area contributed by atoms with Crippen LogP contribution in [0.3, 0.4) is 0 Å². The Morgan fingerprint density at radius 2 is 1.81 bits per heavy atom. The van der Waals surface area contributed by atoms with Crippen molar-refractivity contribution in [1.82, 2.24) is 24.6 Å². The molecule has 0 amide bonds. The minimum atomic E-state index is 0.323. The molecule has 0 spiro atoms. The summed E-state index contributed by atoms with van der Waals surface area (Å²) in [5, 5.41) is 8.69. The molecule has 0 aliphatic carbocycles. The van der Waals surface area contributed by atoms with Crippen molar-refractivity contribution in [2.75, 3.05) is 43.4 Å². The Morgan fingerprint density at radius 1 is 1.10 bits per heavy atom. The van der Waals surface area contributed by atoms with E-state index in [9.17, 15) is 0 Å². The fourth-order valence-corrected chi connectivity index (χ4v) is 2.54. The molecule has 1 saturated heterocycles. The first-order valence-corrected chi connectivity index (χ1v) is 7.44. The van der Waals surface area contributed by atoms with Crippen molar-refractivity contribution in [3.05, 3.63) is 6.20 Å². The third-order valence-electron chi connectivity index (χ3n) is 3.79. The summed E-state index contributed by atoms with van der Waals surface area (Å²) in [5.74, 6) is 1.67. The van der Waals surface area contributed by atoms with Gasteiger partial charge in [0.05, 0.1) is 11.6 Å². The Balaban J connectivity index is 2.00. The molecule has 0 radical (unpaired) electrons. The number of aromatic nitrogens is 4. The Labute approximate surface area is 125 Å². The first-order valence-electron chi connectivity index (χ1n) is 7.44. The highest BCUT2D eigenvalue weighted by Crippen LogP contribution is 2.24. The lowest BCUT2D eigenvalue weighted by Crippen LogP contribution is -2.45. The van der Waals surface area contributed by atoms with Crippen molar-refractivity contribution in [2.45, 2.75) is 19.9 Å². The van der Waals surface area contributed by atoms with Crippen LogP contribution in [0.25, 0.3) is 11.0 Å². The Kier molecular flexibility index (Phi) is 3.67. The van der Waals surface area contributed by atoms with Gasteiger partial charge in [0, 0.05) is 39.3 Å². The molecule has 7 nitrogen and oxygen atoms in total. The van der Waals surface area contributed by atoms with Crippen LogP contribution in [0.1, 0.15) is 13.8 Å². The van der Waals surface area contributed by atoms with Gasteiger partial charge in [0.15, 0.2) is 5.65 Å². The Bertz CT molecular complexity index is 626. The number of rotatable bonds is 3. The summed E-state index contributed by atoms with van der Waals surface area (Å²) in [6, 6.07) is 0.323. The van der Waals surface area contributed by atoms with E-state index in [2.05, 4.69) is 41.1 Å². The summed E-state index contributed by atoms with van der Waals surface area (Å²) < 4.78 is 1.81. The van der Waals surface area contributed by atoms with Gasteiger partial charge in [0.1, 0.15) is 5.82 Å².